The number of hydrogen-bond acceptors (Lipinski definition) is 4. The van der Waals surface area contributed by atoms with Gasteiger partial charge in [-0.2, -0.15) is 0 Å². The van der Waals surface area contributed by atoms with Gasteiger partial charge in [0.1, 0.15) is 6.54 Å². The van der Waals surface area contributed by atoms with Crippen molar-refractivity contribution in [1.29, 1.82) is 0 Å². The van der Waals surface area contributed by atoms with Crippen molar-refractivity contribution >= 4 is 28.3 Å². The first-order valence-electron chi connectivity index (χ1n) is 10.1. The Kier molecular flexibility index (Phi) is 5.40. The number of benzene rings is 2. The standard InChI is InChI=1S/C22H27N5O2/c1-3-26-19-6-4-5-7-20(19)27(22(26)29)16-21(28)23-17-8-10-18(11-9-17)25-14-12-24(2)13-15-25/h4-11H,3,12-16H2,1-2H3,(H,23,28). The van der Waals surface area contributed by atoms with E-state index in [4.69, 9.17) is 0 Å². The molecular weight excluding hydrogens is 366 g/mol. The van der Waals surface area contributed by atoms with E-state index in [1.807, 2.05) is 55.5 Å². The van der Waals surface area contributed by atoms with E-state index in [2.05, 4.69) is 22.2 Å². The highest BCUT2D eigenvalue weighted by Gasteiger charge is 2.16. The Morgan fingerprint density at radius 3 is 2.17 bits per heavy atom. The number of nitrogens with zero attached hydrogens (tertiary/aromatic N) is 4. The fraction of sp³-hybridized carbons (Fsp3) is 0.364. The molecule has 0 radical (unpaired) electrons. The Balaban J connectivity index is 1.46. The fourth-order valence-electron chi connectivity index (χ4n) is 3.90. The minimum atomic E-state index is -0.210. The Morgan fingerprint density at radius 2 is 1.55 bits per heavy atom. The number of fused-ring (bicyclic) bond motifs is 1. The minimum absolute atomic E-state index is 0.00738. The average molecular weight is 393 g/mol. The van der Waals surface area contributed by atoms with E-state index in [9.17, 15) is 9.59 Å². The number of rotatable bonds is 5. The molecule has 1 aliphatic rings. The molecule has 0 aliphatic carbocycles. The molecule has 4 rings (SSSR count). The molecule has 0 spiro atoms. The van der Waals surface area contributed by atoms with Gasteiger partial charge in [0.15, 0.2) is 0 Å². The summed E-state index contributed by atoms with van der Waals surface area (Å²) in [4.78, 5) is 30.0. The van der Waals surface area contributed by atoms with E-state index in [-0.39, 0.29) is 18.1 Å². The molecule has 1 saturated heterocycles. The number of anilines is 2. The molecule has 1 aromatic heterocycles. The van der Waals surface area contributed by atoms with Crippen LogP contribution in [0.4, 0.5) is 11.4 Å². The van der Waals surface area contributed by atoms with E-state index in [1.54, 1.807) is 4.57 Å². The normalized spacial score (nSPS) is 15.0. The van der Waals surface area contributed by atoms with Crippen LogP contribution in [0.1, 0.15) is 6.92 Å². The summed E-state index contributed by atoms with van der Waals surface area (Å²) in [6, 6.07) is 15.5. The van der Waals surface area contributed by atoms with Crippen molar-refractivity contribution in [1.82, 2.24) is 14.0 Å². The van der Waals surface area contributed by atoms with E-state index in [1.165, 1.54) is 10.3 Å². The van der Waals surface area contributed by atoms with Crippen LogP contribution in [0.15, 0.2) is 53.3 Å². The number of likely N-dealkylation sites (N-methyl/N-ethyl adjacent to an activating group) is 1. The lowest BCUT2D eigenvalue weighted by Gasteiger charge is -2.34. The van der Waals surface area contributed by atoms with Crippen molar-refractivity contribution in [3.63, 3.8) is 0 Å². The molecule has 1 amide bonds. The minimum Gasteiger partial charge on any atom is -0.369 e. The second-order valence-corrected chi connectivity index (χ2v) is 7.49. The molecular formula is C22H27N5O2. The number of piperazine rings is 1. The summed E-state index contributed by atoms with van der Waals surface area (Å²) >= 11 is 0. The molecule has 152 valence electrons. The summed E-state index contributed by atoms with van der Waals surface area (Å²) in [7, 11) is 2.14. The highest BCUT2D eigenvalue weighted by Crippen LogP contribution is 2.19. The van der Waals surface area contributed by atoms with Gasteiger partial charge in [0, 0.05) is 44.1 Å². The number of amides is 1. The molecule has 29 heavy (non-hydrogen) atoms. The number of carbonyl (C=O) groups is 1. The third-order valence-corrected chi connectivity index (χ3v) is 5.56. The predicted octanol–water partition coefficient (Wildman–Crippen LogP) is 2.21. The lowest BCUT2D eigenvalue weighted by Crippen LogP contribution is -2.44. The molecule has 2 heterocycles. The van der Waals surface area contributed by atoms with Crippen LogP contribution in [0.3, 0.4) is 0 Å². The third kappa shape index (κ3) is 3.91. The summed E-state index contributed by atoms with van der Waals surface area (Å²) in [5, 5.41) is 2.91. The van der Waals surface area contributed by atoms with Gasteiger partial charge >= 0.3 is 5.69 Å². The van der Waals surface area contributed by atoms with Crippen molar-refractivity contribution in [3.05, 3.63) is 59.0 Å². The van der Waals surface area contributed by atoms with Gasteiger partial charge in [-0.25, -0.2) is 4.79 Å². The van der Waals surface area contributed by atoms with Crippen LogP contribution in [0.5, 0.6) is 0 Å². The molecule has 0 atom stereocenters. The van der Waals surface area contributed by atoms with Crippen LogP contribution >= 0.6 is 0 Å². The average Bonchev–Trinajstić information content (AvgIpc) is 3.00. The Hall–Kier alpha value is -3.06. The molecule has 0 saturated carbocycles. The predicted molar refractivity (Wildman–Crippen MR) is 117 cm³/mol. The van der Waals surface area contributed by atoms with Gasteiger partial charge in [-0.05, 0) is 50.4 Å². The highest BCUT2D eigenvalue weighted by molar-refractivity contribution is 5.91. The van der Waals surface area contributed by atoms with E-state index >= 15 is 0 Å². The lowest BCUT2D eigenvalue weighted by molar-refractivity contribution is -0.116. The first kappa shape index (κ1) is 19.3. The van der Waals surface area contributed by atoms with Gasteiger partial charge in [-0.1, -0.05) is 12.1 Å². The smallest absolute Gasteiger partial charge is 0.329 e. The fourth-order valence-corrected chi connectivity index (χ4v) is 3.90. The van der Waals surface area contributed by atoms with Crippen molar-refractivity contribution in [2.24, 2.45) is 0 Å². The van der Waals surface area contributed by atoms with Gasteiger partial charge in [-0.15, -0.1) is 0 Å². The lowest BCUT2D eigenvalue weighted by atomic mass is 10.2. The number of hydrogen-bond donors (Lipinski definition) is 1. The van der Waals surface area contributed by atoms with Crippen LogP contribution in [0.25, 0.3) is 11.0 Å². The SMILES string of the molecule is CCn1c(=O)n(CC(=O)Nc2ccc(N3CCN(C)CC3)cc2)c2ccccc21. The first-order chi connectivity index (χ1) is 14.1. The number of carbonyl (C=O) groups excluding carboxylic acids is 1. The summed E-state index contributed by atoms with van der Waals surface area (Å²) < 4.78 is 3.22. The van der Waals surface area contributed by atoms with Crippen LogP contribution in [0.2, 0.25) is 0 Å². The van der Waals surface area contributed by atoms with Crippen molar-refractivity contribution in [3.8, 4) is 0 Å². The van der Waals surface area contributed by atoms with E-state index < -0.39 is 0 Å². The quantitative estimate of drug-likeness (QED) is 0.722. The second-order valence-electron chi connectivity index (χ2n) is 7.49. The number of imidazole rings is 1. The Bertz CT molecular complexity index is 1060. The Labute approximate surface area is 170 Å². The first-order valence-corrected chi connectivity index (χ1v) is 10.1. The monoisotopic (exact) mass is 393 g/mol. The van der Waals surface area contributed by atoms with E-state index in [0.717, 1.165) is 42.9 Å². The highest BCUT2D eigenvalue weighted by atomic mass is 16.2. The number of nitrogens with one attached hydrogen (secondary N) is 1. The maximum Gasteiger partial charge on any atom is 0.329 e. The van der Waals surface area contributed by atoms with Crippen molar-refractivity contribution < 1.29 is 4.79 Å². The molecule has 7 heteroatoms. The summed E-state index contributed by atoms with van der Waals surface area (Å²) in [6.45, 7) is 6.62. The molecule has 0 bridgehead atoms. The Morgan fingerprint density at radius 1 is 0.931 bits per heavy atom. The zero-order valence-electron chi connectivity index (χ0n) is 17.0. The van der Waals surface area contributed by atoms with Crippen LogP contribution in [0, 0.1) is 0 Å². The zero-order valence-corrected chi connectivity index (χ0v) is 17.0. The molecule has 7 nitrogen and oxygen atoms in total. The van der Waals surface area contributed by atoms with Gasteiger partial charge < -0.3 is 15.1 Å². The van der Waals surface area contributed by atoms with Gasteiger partial charge in [0.25, 0.3) is 0 Å². The van der Waals surface area contributed by atoms with Gasteiger partial charge in [0.05, 0.1) is 11.0 Å². The van der Waals surface area contributed by atoms with Gasteiger partial charge in [0.2, 0.25) is 5.91 Å². The largest absolute Gasteiger partial charge is 0.369 e. The van der Waals surface area contributed by atoms with Crippen molar-refractivity contribution in [2.75, 3.05) is 43.4 Å². The number of para-hydroxylation sites is 2. The topological polar surface area (TPSA) is 62.5 Å². The molecule has 3 aromatic rings. The maximum absolute atomic E-state index is 12.7. The van der Waals surface area contributed by atoms with E-state index in [0.29, 0.717) is 6.54 Å². The molecule has 1 N–H and O–H groups in total. The third-order valence-electron chi connectivity index (χ3n) is 5.56. The summed E-state index contributed by atoms with van der Waals surface area (Å²) in [6.07, 6.45) is 0. The number of aryl methyl sites for hydroxylation is 1. The second kappa shape index (κ2) is 8.13. The molecule has 0 unspecified atom stereocenters. The molecule has 2 aromatic carbocycles. The molecule has 1 fully saturated rings. The summed E-state index contributed by atoms with van der Waals surface area (Å²) in [5.74, 6) is -0.210. The summed E-state index contributed by atoms with van der Waals surface area (Å²) in [5.41, 5.74) is 3.37. The van der Waals surface area contributed by atoms with Crippen molar-refractivity contribution in [2.45, 2.75) is 20.0 Å². The molecule has 1 aliphatic heterocycles. The maximum atomic E-state index is 12.7. The van der Waals surface area contributed by atoms with Crippen LogP contribution in [-0.2, 0) is 17.9 Å². The van der Waals surface area contributed by atoms with Crippen LogP contribution < -0.4 is 15.9 Å². The van der Waals surface area contributed by atoms with Crippen LogP contribution in [-0.4, -0.2) is 53.2 Å². The zero-order chi connectivity index (χ0) is 20.4. The number of aromatic nitrogens is 2. The van der Waals surface area contributed by atoms with Gasteiger partial charge in [-0.3, -0.25) is 13.9 Å².